The van der Waals surface area contributed by atoms with Crippen LogP contribution in [0.1, 0.15) is 77.6 Å². The average molecular weight is 182 g/mol. The predicted molar refractivity (Wildman–Crippen MR) is 60.0 cm³/mol. The number of hydrogen-bond acceptors (Lipinski definition) is 0. The number of unbranched alkanes of at least 4 members (excludes halogenated alkanes) is 1. The molecule has 0 bridgehead atoms. The summed E-state index contributed by atoms with van der Waals surface area (Å²) in [5, 5.41) is 0. The van der Waals surface area contributed by atoms with Crippen LogP contribution in [-0.2, 0) is 0 Å². The van der Waals surface area contributed by atoms with Crippen LogP contribution in [0.3, 0.4) is 0 Å². The van der Waals surface area contributed by atoms with E-state index in [-0.39, 0.29) is 0 Å². The summed E-state index contributed by atoms with van der Waals surface area (Å²) >= 11 is 0. The molecule has 1 saturated carbocycles. The van der Waals surface area contributed by atoms with Gasteiger partial charge >= 0.3 is 0 Å². The maximum absolute atomic E-state index is 2.31. The predicted octanol–water partition coefficient (Wildman–Crippen LogP) is 4.93. The third-order valence-electron chi connectivity index (χ3n) is 3.44. The molecule has 0 atom stereocenters. The van der Waals surface area contributed by atoms with Gasteiger partial charge < -0.3 is 0 Å². The van der Waals surface area contributed by atoms with Crippen molar-refractivity contribution in [2.75, 3.05) is 0 Å². The van der Waals surface area contributed by atoms with Crippen molar-refractivity contribution in [3.05, 3.63) is 0 Å². The molecular formula is C13H26. The summed E-state index contributed by atoms with van der Waals surface area (Å²) in [6.07, 6.45) is 16.4. The van der Waals surface area contributed by atoms with Crippen molar-refractivity contribution in [1.29, 1.82) is 0 Å². The van der Waals surface area contributed by atoms with Gasteiger partial charge in [-0.15, -0.1) is 0 Å². The summed E-state index contributed by atoms with van der Waals surface area (Å²) in [4.78, 5) is 0. The lowest BCUT2D eigenvalue weighted by Gasteiger charge is -2.14. The lowest BCUT2D eigenvalue weighted by Crippen LogP contribution is -1.99. The smallest absolute Gasteiger partial charge is 0.0414 e. The highest BCUT2D eigenvalue weighted by Gasteiger charge is 2.09. The zero-order valence-corrected chi connectivity index (χ0v) is 9.36. The molecule has 0 aromatic heterocycles. The molecule has 0 aromatic carbocycles. The molecule has 1 aliphatic carbocycles. The van der Waals surface area contributed by atoms with E-state index in [0.29, 0.717) is 0 Å². The van der Waals surface area contributed by atoms with Crippen LogP contribution in [0.5, 0.6) is 0 Å². The van der Waals surface area contributed by atoms with Gasteiger partial charge in [-0.25, -0.2) is 0 Å². The average Bonchev–Trinajstić information content (AvgIpc) is 2.28. The largest absolute Gasteiger partial charge is 0.0654 e. The van der Waals surface area contributed by atoms with Gasteiger partial charge in [0.15, 0.2) is 0 Å². The van der Waals surface area contributed by atoms with Crippen molar-refractivity contribution >= 4 is 0 Å². The van der Waals surface area contributed by atoms with Crippen molar-refractivity contribution in [1.82, 2.24) is 0 Å². The Bertz CT molecular complexity index is 96.6. The van der Waals surface area contributed by atoms with Crippen molar-refractivity contribution in [3.63, 3.8) is 0 Å². The first-order chi connectivity index (χ1) is 6.43. The SMILES string of the molecule is CCCCC1CCCCCCCC1. The Balaban J connectivity index is 2.16. The molecule has 0 radical (unpaired) electrons. The molecule has 0 unspecified atom stereocenters. The van der Waals surface area contributed by atoms with Crippen LogP contribution in [0.4, 0.5) is 0 Å². The Morgan fingerprint density at radius 2 is 1.38 bits per heavy atom. The minimum absolute atomic E-state index is 1.08. The van der Waals surface area contributed by atoms with Gasteiger partial charge in [-0.2, -0.15) is 0 Å². The molecule has 1 fully saturated rings. The molecule has 78 valence electrons. The fourth-order valence-electron chi connectivity index (χ4n) is 2.50. The second kappa shape index (κ2) is 7.41. The summed E-state index contributed by atoms with van der Waals surface area (Å²) in [7, 11) is 0. The zero-order valence-electron chi connectivity index (χ0n) is 9.36. The first-order valence-electron chi connectivity index (χ1n) is 6.43. The van der Waals surface area contributed by atoms with E-state index >= 15 is 0 Å². The van der Waals surface area contributed by atoms with Crippen LogP contribution in [0.15, 0.2) is 0 Å². The molecular weight excluding hydrogens is 156 g/mol. The fourth-order valence-corrected chi connectivity index (χ4v) is 2.50. The fraction of sp³-hybridized carbons (Fsp3) is 1.00. The molecule has 13 heavy (non-hydrogen) atoms. The van der Waals surface area contributed by atoms with Crippen molar-refractivity contribution in [2.45, 2.75) is 77.6 Å². The molecule has 0 aromatic rings. The molecule has 1 rings (SSSR count). The number of rotatable bonds is 3. The Morgan fingerprint density at radius 1 is 0.846 bits per heavy atom. The summed E-state index contributed by atoms with van der Waals surface area (Å²) in [5.41, 5.74) is 0. The maximum Gasteiger partial charge on any atom is -0.0414 e. The normalized spacial score (nSPS) is 21.9. The van der Waals surface area contributed by atoms with Crippen LogP contribution < -0.4 is 0 Å². The minimum Gasteiger partial charge on any atom is -0.0654 e. The standard InChI is InChI=1S/C13H26/c1-2-3-10-13-11-8-6-4-5-7-9-12-13/h13H,2-12H2,1H3. The Kier molecular flexibility index (Phi) is 6.31. The van der Waals surface area contributed by atoms with Crippen LogP contribution in [0, 0.1) is 5.92 Å². The molecule has 0 heteroatoms. The summed E-state index contributed by atoms with van der Waals surface area (Å²) in [5.74, 6) is 1.08. The van der Waals surface area contributed by atoms with E-state index in [1.807, 2.05) is 0 Å². The van der Waals surface area contributed by atoms with Gasteiger partial charge in [0.2, 0.25) is 0 Å². The Hall–Kier alpha value is 0. The van der Waals surface area contributed by atoms with E-state index in [4.69, 9.17) is 0 Å². The minimum atomic E-state index is 1.08. The Labute approximate surface area is 84.1 Å². The molecule has 0 saturated heterocycles. The third kappa shape index (κ3) is 5.33. The maximum atomic E-state index is 2.31. The monoisotopic (exact) mass is 182 g/mol. The van der Waals surface area contributed by atoms with E-state index in [9.17, 15) is 0 Å². The van der Waals surface area contributed by atoms with E-state index in [1.54, 1.807) is 0 Å². The van der Waals surface area contributed by atoms with Crippen molar-refractivity contribution in [3.8, 4) is 0 Å². The topological polar surface area (TPSA) is 0 Å². The molecule has 0 amide bonds. The second-order valence-electron chi connectivity index (χ2n) is 4.71. The van der Waals surface area contributed by atoms with E-state index in [0.717, 1.165) is 5.92 Å². The molecule has 0 aliphatic heterocycles. The zero-order chi connectivity index (χ0) is 9.36. The highest BCUT2D eigenvalue weighted by molar-refractivity contribution is 4.62. The van der Waals surface area contributed by atoms with Crippen LogP contribution in [-0.4, -0.2) is 0 Å². The molecule has 0 N–H and O–H groups in total. The van der Waals surface area contributed by atoms with Crippen molar-refractivity contribution < 1.29 is 0 Å². The highest BCUT2D eigenvalue weighted by atomic mass is 14.1. The van der Waals surface area contributed by atoms with Crippen LogP contribution >= 0.6 is 0 Å². The molecule has 0 heterocycles. The number of hydrogen-bond donors (Lipinski definition) is 0. The van der Waals surface area contributed by atoms with E-state index in [2.05, 4.69) is 6.92 Å². The van der Waals surface area contributed by atoms with Gasteiger partial charge in [0.05, 0.1) is 0 Å². The molecule has 0 spiro atoms. The third-order valence-corrected chi connectivity index (χ3v) is 3.44. The lowest BCUT2D eigenvalue weighted by atomic mass is 9.92. The second-order valence-corrected chi connectivity index (χ2v) is 4.71. The lowest BCUT2D eigenvalue weighted by molar-refractivity contribution is 0.388. The molecule has 1 aliphatic rings. The summed E-state index contributed by atoms with van der Waals surface area (Å²) < 4.78 is 0. The van der Waals surface area contributed by atoms with Gasteiger partial charge in [-0.05, 0) is 5.92 Å². The molecule has 0 nitrogen and oxygen atoms in total. The summed E-state index contributed by atoms with van der Waals surface area (Å²) in [6.45, 7) is 2.31. The van der Waals surface area contributed by atoms with Gasteiger partial charge in [0.25, 0.3) is 0 Å². The quantitative estimate of drug-likeness (QED) is 0.580. The summed E-state index contributed by atoms with van der Waals surface area (Å²) in [6, 6.07) is 0. The Morgan fingerprint density at radius 3 is 1.92 bits per heavy atom. The first kappa shape index (κ1) is 11.1. The van der Waals surface area contributed by atoms with Gasteiger partial charge in [-0.3, -0.25) is 0 Å². The van der Waals surface area contributed by atoms with E-state index in [1.165, 1.54) is 70.6 Å². The van der Waals surface area contributed by atoms with Gasteiger partial charge in [-0.1, -0.05) is 77.6 Å². The van der Waals surface area contributed by atoms with Crippen LogP contribution in [0.25, 0.3) is 0 Å². The van der Waals surface area contributed by atoms with Gasteiger partial charge in [0, 0.05) is 0 Å². The highest BCUT2D eigenvalue weighted by Crippen LogP contribution is 2.25. The van der Waals surface area contributed by atoms with E-state index < -0.39 is 0 Å². The van der Waals surface area contributed by atoms with Crippen LogP contribution in [0.2, 0.25) is 0 Å². The van der Waals surface area contributed by atoms with Gasteiger partial charge in [0.1, 0.15) is 0 Å². The van der Waals surface area contributed by atoms with Crippen molar-refractivity contribution in [2.24, 2.45) is 5.92 Å². The first-order valence-corrected chi connectivity index (χ1v) is 6.43.